The molecule has 0 aliphatic heterocycles. The number of amides is 1. The predicted octanol–water partition coefficient (Wildman–Crippen LogP) is 3.83. The summed E-state index contributed by atoms with van der Waals surface area (Å²) in [5.74, 6) is -0.237. The molecule has 1 aromatic carbocycles. The fourth-order valence-electron chi connectivity index (χ4n) is 3.81. The molecule has 1 amide bonds. The third-order valence-electron chi connectivity index (χ3n) is 5.51. The van der Waals surface area contributed by atoms with Crippen molar-refractivity contribution in [2.75, 3.05) is 12.0 Å². The fourth-order valence-corrected chi connectivity index (χ4v) is 3.81. The number of halogens is 1. The van der Waals surface area contributed by atoms with Crippen molar-refractivity contribution in [3.8, 4) is 0 Å². The van der Waals surface area contributed by atoms with Gasteiger partial charge in [-0.3, -0.25) is 9.59 Å². The maximum atomic E-state index is 13.8. The Bertz CT molecular complexity index is 918. The molecule has 1 saturated carbocycles. The number of aromatic nitrogens is 1. The zero-order chi connectivity index (χ0) is 20.3. The van der Waals surface area contributed by atoms with Crippen LogP contribution in [0.25, 0.3) is 0 Å². The van der Waals surface area contributed by atoms with E-state index in [1.165, 1.54) is 22.9 Å². The van der Waals surface area contributed by atoms with E-state index < -0.39 is 0 Å². The molecule has 1 heterocycles. The third-order valence-corrected chi connectivity index (χ3v) is 5.51. The van der Waals surface area contributed by atoms with Gasteiger partial charge in [-0.15, -0.1) is 0 Å². The van der Waals surface area contributed by atoms with Gasteiger partial charge in [-0.05, 0) is 62.3 Å². The maximum absolute atomic E-state index is 13.8. The number of carbonyl (C=O) groups is 1. The average Bonchev–Trinajstić information content (AvgIpc) is 2.59. The first-order valence-corrected chi connectivity index (χ1v) is 9.95. The number of nitrogens with zero attached hydrogens (tertiary/aromatic N) is 1. The van der Waals surface area contributed by atoms with Gasteiger partial charge < -0.3 is 10.7 Å². The van der Waals surface area contributed by atoms with E-state index in [9.17, 15) is 14.0 Å². The van der Waals surface area contributed by atoms with Crippen LogP contribution in [-0.4, -0.2) is 17.1 Å². The normalized spacial score (nSPS) is 15.0. The second-order valence-corrected chi connectivity index (χ2v) is 7.57. The molecule has 2 aromatic rings. The molecule has 1 aliphatic rings. The summed E-state index contributed by atoms with van der Waals surface area (Å²) in [6, 6.07) is 7.67. The number of carbonyl (C=O) groups excluding carboxylic acids is 1. The Hall–Kier alpha value is -2.63. The Labute approximate surface area is 164 Å². The number of pyridine rings is 1. The Balaban J connectivity index is 1.93. The molecular formula is C22H28FN3O2. The maximum Gasteiger partial charge on any atom is 0.269 e. The highest BCUT2D eigenvalue weighted by Crippen LogP contribution is 2.38. The van der Waals surface area contributed by atoms with Crippen LogP contribution in [0.2, 0.25) is 0 Å². The van der Waals surface area contributed by atoms with Crippen molar-refractivity contribution in [2.45, 2.75) is 52.5 Å². The molecule has 1 atom stereocenters. The standard InChI is InChI=1S/C22H28FN3O2/c1-4-11-24-26-15(3)20(14(2)12-19(26)27)22(28)25-21(16-7-5-8-16)17-9-6-10-18(23)13-17/h6,9-10,12-13,16,21,24H,4-5,7-8,11H2,1-3H3,(H,25,28). The molecule has 3 rings (SSSR count). The number of nitrogens with one attached hydrogen (secondary N) is 2. The summed E-state index contributed by atoms with van der Waals surface area (Å²) in [5, 5.41) is 3.11. The lowest BCUT2D eigenvalue weighted by molar-refractivity contribution is 0.0898. The Kier molecular flexibility index (Phi) is 6.17. The minimum atomic E-state index is -0.305. The van der Waals surface area contributed by atoms with Crippen LogP contribution in [0.15, 0.2) is 35.1 Å². The highest BCUT2D eigenvalue weighted by molar-refractivity contribution is 5.97. The van der Waals surface area contributed by atoms with Gasteiger partial charge in [0.15, 0.2) is 0 Å². The molecule has 0 spiro atoms. The number of rotatable bonds is 7. The first-order valence-electron chi connectivity index (χ1n) is 9.95. The second kappa shape index (κ2) is 8.59. The Morgan fingerprint density at radius 1 is 1.29 bits per heavy atom. The molecular weight excluding hydrogens is 357 g/mol. The second-order valence-electron chi connectivity index (χ2n) is 7.57. The van der Waals surface area contributed by atoms with Gasteiger partial charge in [0.1, 0.15) is 5.82 Å². The van der Waals surface area contributed by atoms with Crippen LogP contribution in [0.5, 0.6) is 0 Å². The smallest absolute Gasteiger partial charge is 0.269 e. The number of benzene rings is 1. The highest BCUT2D eigenvalue weighted by Gasteiger charge is 2.31. The van der Waals surface area contributed by atoms with E-state index in [0.29, 0.717) is 29.3 Å². The summed E-state index contributed by atoms with van der Waals surface area (Å²) in [6.45, 7) is 6.19. The molecule has 5 nitrogen and oxygen atoms in total. The van der Waals surface area contributed by atoms with Gasteiger partial charge in [-0.1, -0.05) is 25.5 Å². The number of hydrogen-bond acceptors (Lipinski definition) is 3. The zero-order valence-corrected chi connectivity index (χ0v) is 16.7. The fraction of sp³-hybridized carbons (Fsp3) is 0.455. The molecule has 0 radical (unpaired) electrons. The summed E-state index contributed by atoms with van der Waals surface area (Å²) < 4.78 is 15.2. The van der Waals surface area contributed by atoms with Crippen LogP contribution in [0, 0.1) is 25.6 Å². The van der Waals surface area contributed by atoms with E-state index in [2.05, 4.69) is 10.7 Å². The molecule has 6 heteroatoms. The molecule has 1 fully saturated rings. The molecule has 1 aromatic heterocycles. The molecule has 0 bridgehead atoms. The van der Waals surface area contributed by atoms with Gasteiger partial charge in [0.25, 0.3) is 11.5 Å². The highest BCUT2D eigenvalue weighted by atomic mass is 19.1. The van der Waals surface area contributed by atoms with E-state index in [1.54, 1.807) is 19.9 Å². The Morgan fingerprint density at radius 2 is 2.04 bits per heavy atom. The lowest BCUT2D eigenvalue weighted by Gasteiger charge is -2.35. The minimum absolute atomic E-state index is 0.180. The SMILES string of the molecule is CCCNn1c(C)c(C(=O)NC(c2cccc(F)c2)C2CCC2)c(C)cc1=O. The lowest BCUT2D eigenvalue weighted by atomic mass is 9.77. The van der Waals surface area contributed by atoms with Crippen molar-refractivity contribution in [2.24, 2.45) is 5.92 Å². The molecule has 28 heavy (non-hydrogen) atoms. The van der Waals surface area contributed by atoms with Crippen molar-refractivity contribution in [3.63, 3.8) is 0 Å². The molecule has 1 aliphatic carbocycles. The monoisotopic (exact) mass is 385 g/mol. The van der Waals surface area contributed by atoms with E-state index in [-0.39, 0.29) is 23.3 Å². The predicted molar refractivity (Wildman–Crippen MR) is 109 cm³/mol. The van der Waals surface area contributed by atoms with Crippen molar-refractivity contribution in [1.29, 1.82) is 0 Å². The van der Waals surface area contributed by atoms with Gasteiger partial charge in [0.05, 0.1) is 17.3 Å². The van der Waals surface area contributed by atoms with Gasteiger partial charge in [-0.25, -0.2) is 9.07 Å². The molecule has 150 valence electrons. The van der Waals surface area contributed by atoms with Gasteiger partial charge in [0.2, 0.25) is 0 Å². The van der Waals surface area contributed by atoms with E-state index in [1.807, 2.05) is 13.0 Å². The summed E-state index contributed by atoms with van der Waals surface area (Å²) in [7, 11) is 0. The summed E-state index contributed by atoms with van der Waals surface area (Å²) >= 11 is 0. The largest absolute Gasteiger partial charge is 0.345 e. The first kappa shape index (κ1) is 20.1. The van der Waals surface area contributed by atoms with Gasteiger partial charge in [0, 0.05) is 12.6 Å². The van der Waals surface area contributed by atoms with Crippen LogP contribution in [-0.2, 0) is 0 Å². The van der Waals surface area contributed by atoms with E-state index >= 15 is 0 Å². The lowest BCUT2D eigenvalue weighted by Crippen LogP contribution is -2.39. The van der Waals surface area contributed by atoms with Gasteiger partial charge in [-0.2, -0.15) is 0 Å². The summed E-state index contributed by atoms with van der Waals surface area (Å²) in [4.78, 5) is 25.5. The average molecular weight is 385 g/mol. The van der Waals surface area contributed by atoms with E-state index in [0.717, 1.165) is 31.2 Å². The summed E-state index contributed by atoms with van der Waals surface area (Å²) in [6.07, 6.45) is 4.01. The quantitative estimate of drug-likeness (QED) is 0.761. The topological polar surface area (TPSA) is 63.1 Å². The van der Waals surface area contributed by atoms with Crippen molar-refractivity contribution in [3.05, 3.63) is 68.9 Å². The van der Waals surface area contributed by atoms with Crippen molar-refractivity contribution in [1.82, 2.24) is 9.99 Å². The zero-order valence-electron chi connectivity index (χ0n) is 16.7. The van der Waals surface area contributed by atoms with Crippen LogP contribution in [0.1, 0.15) is 65.8 Å². The van der Waals surface area contributed by atoms with Crippen LogP contribution < -0.4 is 16.3 Å². The number of aryl methyl sites for hydroxylation is 1. The van der Waals surface area contributed by atoms with E-state index in [4.69, 9.17) is 0 Å². The Morgan fingerprint density at radius 3 is 2.64 bits per heavy atom. The number of hydrogen-bond donors (Lipinski definition) is 2. The molecule has 2 N–H and O–H groups in total. The molecule has 0 saturated heterocycles. The van der Waals surface area contributed by atoms with Crippen LogP contribution >= 0.6 is 0 Å². The van der Waals surface area contributed by atoms with Crippen LogP contribution in [0.3, 0.4) is 0 Å². The first-order chi connectivity index (χ1) is 13.4. The van der Waals surface area contributed by atoms with Crippen molar-refractivity contribution >= 4 is 5.91 Å². The van der Waals surface area contributed by atoms with Crippen molar-refractivity contribution < 1.29 is 9.18 Å². The minimum Gasteiger partial charge on any atom is -0.345 e. The summed E-state index contributed by atoms with van der Waals surface area (Å²) in [5.41, 5.74) is 5.38. The third kappa shape index (κ3) is 4.11. The molecule has 1 unspecified atom stereocenters. The van der Waals surface area contributed by atoms with Crippen LogP contribution in [0.4, 0.5) is 4.39 Å². The van der Waals surface area contributed by atoms with Gasteiger partial charge >= 0.3 is 0 Å².